The fourth-order valence-electron chi connectivity index (χ4n) is 5.72. The molecule has 0 aliphatic heterocycles. The minimum Gasteiger partial charge on any atom is -0.497 e. The zero-order chi connectivity index (χ0) is 29.2. The second-order valence-electron chi connectivity index (χ2n) is 11.3. The highest BCUT2D eigenvalue weighted by Gasteiger charge is 2.41. The van der Waals surface area contributed by atoms with E-state index in [-0.39, 0.29) is 18.3 Å². The quantitative estimate of drug-likeness (QED) is 0.0459. The normalized spacial score (nSPS) is 14.8. The van der Waals surface area contributed by atoms with Crippen molar-refractivity contribution in [1.82, 2.24) is 0 Å². The van der Waals surface area contributed by atoms with Gasteiger partial charge in [0.25, 0.3) is 0 Å². The maximum Gasteiger partial charge on any atom is 0.193 e. The Bertz CT molecular complexity index is 726. The lowest BCUT2D eigenvalue weighted by Crippen LogP contribution is -2.44. The molecule has 0 aromatic rings. The summed E-state index contributed by atoms with van der Waals surface area (Å²) >= 11 is 0. The zero-order valence-corrected chi connectivity index (χ0v) is 28.4. The Kier molecular flexibility index (Phi) is 19.0. The predicted molar refractivity (Wildman–Crippen MR) is 174 cm³/mol. The second kappa shape index (κ2) is 19.7. The van der Waals surface area contributed by atoms with Gasteiger partial charge in [-0.25, -0.2) is 0 Å². The van der Waals surface area contributed by atoms with Crippen LogP contribution in [0.15, 0.2) is 50.3 Å². The summed E-state index contributed by atoms with van der Waals surface area (Å²) < 4.78 is 18.9. The predicted octanol–water partition coefficient (Wildman–Crippen LogP) is 10.0. The molecule has 0 amide bonds. The van der Waals surface area contributed by atoms with Crippen molar-refractivity contribution in [3.8, 4) is 11.5 Å². The fraction of sp³-hybridized carbons (Fsp3) is 0.697. The van der Waals surface area contributed by atoms with Crippen LogP contribution in [0.25, 0.3) is 0 Å². The Morgan fingerprint density at radius 1 is 0.842 bits per heavy atom. The second-order valence-corrected chi connectivity index (χ2v) is 21.6. The van der Waals surface area contributed by atoms with Crippen LogP contribution in [0.4, 0.5) is 0 Å². The molecule has 0 fully saturated rings. The van der Waals surface area contributed by atoms with Crippen molar-refractivity contribution in [2.75, 3.05) is 6.61 Å². The van der Waals surface area contributed by atoms with Crippen LogP contribution in [0, 0.1) is 11.5 Å². The van der Waals surface area contributed by atoms with Gasteiger partial charge in [0.15, 0.2) is 8.32 Å². The number of rotatable bonds is 21. The monoisotopic (exact) mass is 560 g/mol. The van der Waals surface area contributed by atoms with Crippen LogP contribution in [0.3, 0.4) is 0 Å². The van der Waals surface area contributed by atoms with Gasteiger partial charge in [-0.3, -0.25) is 0 Å². The van der Waals surface area contributed by atoms with Gasteiger partial charge >= 0.3 is 0 Å². The number of hydrogen-bond donors (Lipinski definition) is 0. The Morgan fingerprint density at radius 3 is 1.87 bits per heavy atom. The van der Waals surface area contributed by atoms with E-state index in [2.05, 4.69) is 93.5 Å². The third-order valence-corrected chi connectivity index (χ3v) is 19.2. The summed E-state index contributed by atoms with van der Waals surface area (Å²) in [4.78, 5) is 0. The molecule has 218 valence electrons. The van der Waals surface area contributed by atoms with Gasteiger partial charge in [-0.15, -0.1) is 24.6 Å². The van der Waals surface area contributed by atoms with E-state index >= 15 is 0 Å². The van der Waals surface area contributed by atoms with Crippen molar-refractivity contribution in [1.29, 1.82) is 0 Å². The summed E-state index contributed by atoms with van der Waals surface area (Å²) in [5, 5.41) is 0. The van der Waals surface area contributed by atoms with Crippen molar-refractivity contribution in [3.05, 3.63) is 50.3 Å². The summed E-state index contributed by atoms with van der Waals surface area (Å²) in [6, 6.07) is 3.27. The zero-order valence-electron chi connectivity index (χ0n) is 26.4. The third-order valence-electron chi connectivity index (χ3n) is 8.27. The number of hydrogen-bond acceptors (Lipinski definition) is 3. The molecule has 0 aliphatic rings. The molecule has 38 heavy (non-hydrogen) atoms. The maximum atomic E-state index is 6.82. The third kappa shape index (κ3) is 11.4. The lowest BCUT2D eigenvalue weighted by molar-refractivity contribution is -0.0404. The molecule has 3 nitrogen and oxygen atoms in total. The topological polar surface area (TPSA) is 27.7 Å². The van der Waals surface area contributed by atoms with Crippen LogP contribution in [0.2, 0.25) is 34.8 Å². The molecular formula is C33H60O3Si2. The molecule has 0 spiro atoms. The first-order chi connectivity index (χ1) is 18.0. The molecule has 0 saturated heterocycles. The summed E-state index contributed by atoms with van der Waals surface area (Å²) in [5.74, 6) is 3.60. The highest BCUT2D eigenvalue weighted by atomic mass is 28.4. The van der Waals surface area contributed by atoms with E-state index in [1.807, 2.05) is 18.2 Å². The SMILES string of the molecule is C=CCO/C=C/C[C@H](O[C@@H](C=C)CCCC#C[Si](C(C)C)(C(C)C)C(C)C)[C@H](C=C)O[Si](CC)(CC)CC. The smallest absolute Gasteiger partial charge is 0.193 e. The lowest BCUT2D eigenvalue weighted by atomic mass is 10.1. The number of unbranched alkanes of at least 4 members (excludes halogenated alkanes) is 1. The average molecular weight is 561 g/mol. The van der Waals surface area contributed by atoms with E-state index in [9.17, 15) is 0 Å². The summed E-state index contributed by atoms with van der Waals surface area (Å²) in [7, 11) is -3.51. The van der Waals surface area contributed by atoms with Crippen LogP contribution in [-0.4, -0.2) is 41.3 Å². The Hall–Kier alpha value is -1.33. The van der Waals surface area contributed by atoms with Crippen molar-refractivity contribution in [3.63, 3.8) is 0 Å². The van der Waals surface area contributed by atoms with Gasteiger partial charge < -0.3 is 13.9 Å². The summed E-state index contributed by atoms with van der Waals surface area (Å²) in [6.45, 7) is 33.3. The largest absolute Gasteiger partial charge is 0.497 e. The molecule has 0 N–H and O–H groups in total. The highest BCUT2D eigenvalue weighted by Crippen LogP contribution is 2.40. The van der Waals surface area contributed by atoms with Crippen molar-refractivity contribution in [2.24, 2.45) is 0 Å². The first kappa shape index (κ1) is 36.7. The lowest BCUT2D eigenvalue weighted by Gasteiger charge is -2.38. The van der Waals surface area contributed by atoms with Crippen LogP contribution in [0.1, 0.15) is 88.0 Å². The molecule has 0 heterocycles. The fourth-order valence-corrected chi connectivity index (χ4v) is 13.8. The average Bonchev–Trinajstić information content (AvgIpc) is 2.89. The molecule has 0 rings (SSSR count). The molecule has 0 bridgehead atoms. The van der Waals surface area contributed by atoms with Gasteiger partial charge in [0.05, 0.1) is 24.6 Å². The first-order valence-electron chi connectivity index (χ1n) is 15.0. The van der Waals surface area contributed by atoms with Crippen LogP contribution in [-0.2, 0) is 13.9 Å². The molecule has 0 radical (unpaired) electrons. The summed E-state index contributed by atoms with van der Waals surface area (Å²) in [6.07, 6.45) is 12.4. The molecule has 0 saturated carbocycles. The van der Waals surface area contributed by atoms with Gasteiger partial charge in [0.1, 0.15) is 14.7 Å². The van der Waals surface area contributed by atoms with Crippen LogP contribution >= 0.6 is 0 Å². The van der Waals surface area contributed by atoms with Crippen LogP contribution < -0.4 is 0 Å². The van der Waals surface area contributed by atoms with E-state index in [1.165, 1.54) is 0 Å². The Morgan fingerprint density at radius 2 is 1.42 bits per heavy atom. The van der Waals surface area contributed by atoms with Gasteiger partial charge in [0.2, 0.25) is 0 Å². The summed E-state index contributed by atoms with van der Waals surface area (Å²) in [5.41, 5.74) is 5.82. The van der Waals surface area contributed by atoms with E-state index in [0.717, 1.165) is 37.4 Å². The molecule has 0 aromatic heterocycles. The minimum atomic E-state index is -1.83. The molecular weight excluding hydrogens is 501 g/mol. The number of ether oxygens (including phenoxy) is 2. The van der Waals surface area contributed by atoms with Crippen molar-refractivity contribution >= 4 is 16.4 Å². The van der Waals surface area contributed by atoms with Gasteiger partial charge in [-0.05, 0) is 60.1 Å². The van der Waals surface area contributed by atoms with Gasteiger partial charge in [0, 0.05) is 6.42 Å². The molecule has 0 aromatic carbocycles. The van der Waals surface area contributed by atoms with E-state index < -0.39 is 16.4 Å². The van der Waals surface area contributed by atoms with Gasteiger partial charge in [-0.1, -0.05) is 87.1 Å². The first-order valence-corrected chi connectivity index (χ1v) is 19.8. The Balaban J connectivity index is 5.55. The minimum absolute atomic E-state index is 0.0569. The van der Waals surface area contributed by atoms with Crippen LogP contribution in [0.5, 0.6) is 0 Å². The molecule has 0 unspecified atom stereocenters. The van der Waals surface area contributed by atoms with Crippen molar-refractivity contribution < 1.29 is 13.9 Å². The molecule has 3 atom stereocenters. The maximum absolute atomic E-state index is 6.82. The van der Waals surface area contributed by atoms with E-state index in [4.69, 9.17) is 13.9 Å². The highest BCUT2D eigenvalue weighted by molar-refractivity contribution is 6.90. The molecule has 5 heteroatoms. The standard InChI is InChI=1S/C33H60O3Si2/c1-13-25-34-26-22-24-33(32(15-3)36-37(16-4,17-5)18-6)35-31(14-2)23-20-19-21-27-38(28(7)8,29(9)10)30(11)12/h13-15,22,26,28-33H,1-3,16-20,23-25H2,4-12H3/b26-22+/t31-,32-,33-/m0/s1. The van der Waals surface area contributed by atoms with Gasteiger partial charge in [-0.2, -0.15) is 0 Å². The van der Waals surface area contributed by atoms with Crippen molar-refractivity contribution in [2.45, 2.75) is 141 Å². The van der Waals surface area contributed by atoms with E-state index in [0.29, 0.717) is 29.7 Å². The molecule has 0 aliphatic carbocycles. The Labute approximate surface area is 239 Å². The van der Waals surface area contributed by atoms with E-state index in [1.54, 1.807) is 12.3 Å².